The molecular weight excluding hydrogens is 449 g/mol. The molecule has 170 valence electrons. The first-order chi connectivity index (χ1) is 15.5. The predicted molar refractivity (Wildman–Crippen MR) is 132 cm³/mol. The number of carboxylic acids is 1. The summed E-state index contributed by atoms with van der Waals surface area (Å²) in [5, 5.41) is 14.2. The van der Waals surface area contributed by atoms with Crippen molar-refractivity contribution in [2.24, 2.45) is 0 Å². The first kappa shape index (κ1) is 27.2. The third-order valence-corrected chi connectivity index (χ3v) is 6.56. The van der Waals surface area contributed by atoms with Gasteiger partial charge in [-0.25, -0.2) is 4.79 Å². The van der Waals surface area contributed by atoms with Crippen LogP contribution in [0.5, 0.6) is 0 Å². The number of hydrogen-bond acceptors (Lipinski definition) is 5. The van der Waals surface area contributed by atoms with E-state index >= 15 is 0 Å². The minimum Gasteiger partial charge on any atom is -1.00 e. The van der Waals surface area contributed by atoms with Crippen LogP contribution in [0.4, 0.5) is 0 Å². The van der Waals surface area contributed by atoms with Gasteiger partial charge in [0, 0.05) is 10.4 Å². The van der Waals surface area contributed by atoms with Crippen molar-refractivity contribution >= 4 is 35.0 Å². The van der Waals surface area contributed by atoms with Crippen molar-refractivity contribution < 1.29 is 39.7 Å². The average Bonchev–Trinajstić information content (AvgIpc) is 3.30. The fourth-order valence-electron chi connectivity index (χ4n) is 3.37. The van der Waals surface area contributed by atoms with E-state index in [1.807, 2.05) is 67.1 Å². The molecular formula is C25H28LiNO4S2. The van der Waals surface area contributed by atoms with Gasteiger partial charge in [-0.1, -0.05) is 36.4 Å². The number of nitrogens with one attached hydrogen (secondary N) is 1. The molecule has 0 aliphatic carbocycles. The van der Waals surface area contributed by atoms with Crippen LogP contribution in [0.25, 0.3) is 11.1 Å². The molecule has 0 bridgehead atoms. The van der Waals surface area contributed by atoms with Gasteiger partial charge in [0.15, 0.2) is 0 Å². The molecule has 1 atom stereocenters. The van der Waals surface area contributed by atoms with E-state index in [2.05, 4.69) is 5.32 Å². The Balaban J connectivity index is 0.00000289. The number of ether oxygens (including phenoxy) is 1. The predicted octanol–water partition coefficient (Wildman–Crippen LogP) is 2.49. The number of thiophene rings is 1. The number of carboxylic acid groups (broad SMARTS) is 1. The van der Waals surface area contributed by atoms with E-state index in [-0.39, 0.29) is 26.2 Å². The van der Waals surface area contributed by atoms with Gasteiger partial charge in [0.05, 0.1) is 13.2 Å². The summed E-state index contributed by atoms with van der Waals surface area (Å²) in [7, 11) is 0. The summed E-state index contributed by atoms with van der Waals surface area (Å²) in [4.78, 5) is 25.9. The second kappa shape index (κ2) is 13.6. The van der Waals surface area contributed by atoms with Gasteiger partial charge in [-0.05, 0) is 71.2 Å². The molecule has 5 nitrogen and oxygen atoms in total. The zero-order chi connectivity index (χ0) is 22.9. The minimum atomic E-state index is -1.02. The Bertz CT molecular complexity index is 1060. The van der Waals surface area contributed by atoms with Crippen molar-refractivity contribution in [1.29, 1.82) is 0 Å². The Morgan fingerprint density at radius 1 is 1.12 bits per heavy atom. The van der Waals surface area contributed by atoms with Crippen molar-refractivity contribution in [2.45, 2.75) is 32.6 Å². The van der Waals surface area contributed by atoms with Crippen LogP contribution in [-0.2, 0) is 22.7 Å². The summed E-state index contributed by atoms with van der Waals surface area (Å²) < 4.78 is 5.86. The first-order valence-corrected chi connectivity index (χ1v) is 12.6. The van der Waals surface area contributed by atoms with Gasteiger partial charge in [0.1, 0.15) is 6.04 Å². The van der Waals surface area contributed by atoms with Crippen molar-refractivity contribution in [3.8, 4) is 11.1 Å². The molecule has 1 unspecified atom stereocenters. The van der Waals surface area contributed by atoms with E-state index in [1.54, 1.807) is 29.2 Å². The third-order valence-electron chi connectivity index (χ3n) is 5.07. The molecule has 1 aromatic heterocycles. The van der Waals surface area contributed by atoms with Crippen LogP contribution < -0.4 is 24.2 Å². The van der Waals surface area contributed by atoms with Crippen molar-refractivity contribution in [3.63, 3.8) is 0 Å². The van der Waals surface area contributed by atoms with Crippen LogP contribution in [0.3, 0.4) is 0 Å². The summed E-state index contributed by atoms with van der Waals surface area (Å²) in [6.45, 7) is 2.95. The van der Waals surface area contributed by atoms with Crippen molar-refractivity contribution in [2.75, 3.05) is 12.0 Å². The van der Waals surface area contributed by atoms with Gasteiger partial charge >= 0.3 is 24.8 Å². The fourth-order valence-corrected chi connectivity index (χ4v) is 4.48. The maximum absolute atomic E-state index is 13.1. The summed E-state index contributed by atoms with van der Waals surface area (Å²) in [5.74, 6) is -0.756. The van der Waals surface area contributed by atoms with Gasteiger partial charge in [-0.2, -0.15) is 11.8 Å². The van der Waals surface area contributed by atoms with Crippen LogP contribution in [0.1, 0.15) is 34.2 Å². The summed E-state index contributed by atoms with van der Waals surface area (Å²) in [5.41, 5.74) is 4.15. The van der Waals surface area contributed by atoms with Gasteiger partial charge in [-0.15, -0.1) is 11.3 Å². The van der Waals surface area contributed by atoms with Crippen LogP contribution in [0, 0.1) is 6.92 Å². The van der Waals surface area contributed by atoms with E-state index in [0.29, 0.717) is 31.0 Å². The molecule has 33 heavy (non-hydrogen) atoms. The number of hydrogen-bond donors (Lipinski definition) is 2. The van der Waals surface area contributed by atoms with Gasteiger partial charge < -0.3 is 16.6 Å². The van der Waals surface area contributed by atoms with Crippen LogP contribution in [-0.4, -0.2) is 35.0 Å². The maximum atomic E-state index is 13.1. The molecule has 3 aromatic rings. The van der Waals surface area contributed by atoms with E-state index in [9.17, 15) is 14.7 Å². The number of amides is 1. The number of thioether (sulfide) groups is 1. The number of carbonyl (C=O) groups excluding carboxylic acids is 1. The molecule has 1 amide bonds. The molecule has 0 radical (unpaired) electrons. The Morgan fingerprint density at radius 3 is 2.58 bits per heavy atom. The smallest absolute Gasteiger partial charge is 1.00 e. The van der Waals surface area contributed by atoms with Crippen LogP contribution >= 0.6 is 23.1 Å². The van der Waals surface area contributed by atoms with Gasteiger partial charge in [0.25, 0.3) is 5.91 Å². The molecule has 0 aliphatic heterocycles. The van der Waals surface area contributed by atoms with Gasteiger partial charge in [-0.3, -0.25) is 4.79 Å². The second-order valence-corrected chi connectivity index (χ2v) is 9.43. The van der Waals surface area contributed by atoms with Crippen LogP contribution in [0.15, 0.2) is 60.0 Å². The summed E-state index contributed by atoms with van der Waals surface area (Å²) >= 11 is 3.21. The monoisotopic (exact) mass is 477 g/mol. The molecule has 0 spiro atoms. The molecule has 0 aliphatic rings. The molecule has 2 N–H and O–H groups in total. The van der Waals surface area contributed by atoms with Crippen molar-refractivity contribution in [1.82, 2.24) is 5.32 Å². The average molecular weight is 478 g/mol. The quantitative estimate of drug-likeness (QED) is 0.415. The number of carbonyl (C=O) groups is 2. The minimum absolute atomic E-state index is 0. The molecule has 0 fully saturated rings. The summed E-state index contributed by atoms with van der Waals surface area (Å²) in [6, 6.07) is 16.5. The maximum Gasteiger partial charge on any atom is 1.00 e. The van der Waals surface area contributed by atoms with E-state index in [0.717, 1.165) is 27.1 Å². The fraction of sp³-hybridized carbons (Fsp3) is 0.280. The molecule has 1 heterocycles. The zero-order valence-corrected chi connectivity index (χ0v) is 20.8. The summed E-state index contributed by atoms with van der Waals surface area (Å²) in [6.07, 6.45) is 2.28. The molecule has 0 saturated heterocycles. The second-order valence-electron chi connectivity index (χ2n) is 7.41. The number of rotatable bonds is 11. The Labute approximate surface area is 216 Å². The van der Waals surface area contributed by atoms with E-state index in [1.165, 1.54) is 0 Å². The SMILES string of the molecule is CSCCC(NC(=O)c1ccc(COCc2cccs2)cc1-c1ccccc1C)C(=O)O.[H-].[Li+]. The van der Waals surface area contributed by atoms with Crippen molar-refractivity contribution in [3.05, 3.63) is 81.5 Å². The molecule has 8 heteroatoms. The van der Waals surface area contributed by atoms with E-state index in [4.69, 9.17) is 4.74 Å². The number of aliphatic carboxylic acids is 1. The number of aryl methyl sites for hydroxylation is 1. The van der Waals surface area contributed by atoms with Crippen LogP contribution in [0.2, 0.25) is 0 Å². The topological polar surface area (TPSA) is 75.6 Å². The largest absolute Gasteiger partial charge is 1.00 e. The zero-order valence-electron chi connectivity index (χ0n) is 20.2. The molecule has 0 saturated carbocycles. The normalized spacial score (nSPS) is 11.5. The Hall–Kier alpha value is -2.01. The standard InChI is InChI=1S/C25H27NO4S2.Li.H/c1-17-6-3-4-8-20(17)22-14-18(15-30-16-19-7-5-12-32-19)9-10-21(22)24(27)26-23(25(28)29)11-13-31-2;;/h3-10,12,14,23H,11,13,15-16H2,1-2H3,(H,26,27)(H,28,29);;/q;+1;-1. The number of benzene rings is 2. The third kappa shape index (κ3) is 7.77. The van der Waals surface area contributed by atoms with Gasteiger partial charge in [0.2, 0.25) is 0 Å². The van der Waals surface area contributed by atoms with E-state index < -0.39 is 12.0 Å². The molecule has 2 aromatic carbocycles. The Kier molecular flexibility index (Phi) is 11.3. The first-order valence-electron chi connectivity index (χ1n) is 10.3. The molecule has 3 rings (SSSR count). The Morgan fingerprint density at radius 2 is 1.91 bits per heavy atom.